The zero-order chi connectivity index (χ0) is 29.3. The zero-order valence-corrected chi connectivity index (χ0v) is 23.1. The van der Waals surface area contributed by atoms with Crippen molar-refractivity contribution in [1.82, 2.24) is 9.88 Å². The van der Waals surface area contributed by atoms with Crippen molar-refractivity contribution in [2.45, 2.75) is 25.8 Å². The summed E-state index contributed by atoms with van der Waals surface area (Å²) in [5, 5.41) is 2.64. The first-order valence-corrected chi connectivity index (χ1v) is 13.8. The highest BCUT2D eigenvalue weighted by molar-refractivity contribution is 6.06. The Morgan fingerprint density at radius 2 is 1.71 bits per heavy atom. The summed E-state index contributed by atoms with van der Waals surface area (Å²) in [5.74, 6) is -5.35. The van der Waals surface area contributed by atoms with E-state index in [1.165, 1.54) is 6.20 Å². The van der Waals surface area contributed by atoms with E-state index in [0.717, 1.165) is 43.7 Å². The Bertz CT molecular complexity index is 1400. The Morgan fingerprint density at radius 3 is 2.44 bits per heavy atom. The fraction of sp³-hybridized carbons (Fsp3) is 0.400. The number of benzene rings is 2. The molecule has 3 aromatic rings. The standard InChI is InChI=1S/C30H34F4N6O/c1-18-12-19(35)17-40(16-18)26-6-7-36-15-25(26)37-30(41)21-4-5-22(31)28(29(21)34)27-23(32)13-20(14-24(27)33)39-9-3-8-38(2)10-11-39/h4-7,13-15,18-19H,3,8-12,16-17,35H2,1-2H3,(H,37,41)/t18-,19+/m1/s1. The van der Waals surface area contributed by atoms with Crippen LogP contribution >= 0.6 is 0 Å². The number of nitrogens with zero attached hydrogens (tertiary/aromatic N) is 4. The lowest BCUT2D eigenvalue weighted by Gasteiger charge is -2.37. The zero-order valence-electron chi connectivity index (χ0n) is 23.1. The first-order chi connectivity index (χ1) is 19.6. The number of halogens is 4. The summed E-state index contributed by atoms with van der Waals surface area (Å²) in [6.07, 6.45) is 4.69. The summed E-state index contributed by atoms with van der Waals surface area (Å²) in [6, 6.07) is 5.63. The summed E-state index contributed by atoms with van der Waals surface area (Å²) in [5.41, 5.74) is 5.11. The molecule has 7 nitrogen and oxygen atoms in total. The number of nitrogens with one attached hydrogen (secondary N) is 1. The average Bonchev–Trinajstić information content (AvgIpc) is 3.14. The predicted octanol–water partition coefficient (Wildman–Crippen LogP) is 4.87. The number of hydrogen-bond acceptors (Lipinski definition) is 6. The Labute approximate surface area is 236 Å². The second kappa shape index (κ2) is 12.0. The van der Waals surface area contributed by atoms with Crippen molar-refractivity contribution in [3.05, 3.63) is 71.6 Å². The van der Waals surface area contributed by atoms with Gasteiger partial charge in [0.25, 0.3) is 5.91 Å². The van der Waals surface area contributed by atoms with Crippen LogP contribution in [0.4, 0.5) is 34.6 Å². The fourth-order valence-electron chi connectivity index (χ4n) is 5.79. The minimum absolute atomic E-state index is 0.0514. The van der Waals surface area contributed by atoms with Crippen LogP contribution < -0.4 is 20.9 Å². The first kappa shape index (κ1) is 28.8. The monoisotopic (exact) mass is 570 g/mol. The van der Waals surface area contributed by atoms with Crippen molar-refractivity contribution >= 4 is 23.0 Å². The molecule has 218 valence electrons. The van der Waals surface area contributed by atoms with Gasteiger partial charge in [0, 0.05) is 50.6 Å². The maximum atomic E-state index is 15.7. The number of anilines is 3. The Balaban J connectivity index is 1.45. The Hall–Kier alpha value is -3.70. The van der Waals surface area contributed by atoms with Crippen molar-refractivity contribution in [1.29, 1.82) is 0 Å². The van der Waals surface area contributed by atoms with E-state index < -0.39 is 45.9 Å². The van der Waals surface area contributed by atoms with E-state index in [-0.39, 0.29) is 6.04 Å². The van der Waals surface area contributed by atoms with Gasteiger partial charge in [0.1, 0.15) is 23.3 Å². The average molecular weight is 571 g/mol. The topological polar surface area (TPSA) is 77.7 Å². The molecular formula is C30H34F4N6O. The smallest absolute Gasteiger partial charge is 0.258 e. The molecule has 0 radical (unpaired) electrons. The molecule has 2 saturated heterocycles. The van der Waals surface area contributed by atoms with Crippen LogP contribution in [0, 0.1) is 29.2 Å². The quantitative estimate of drug-likeness (QED) is 0.427. The van der Waals surface area contributed by atoms with Gasteiger partial charge in [-0.2, -0.15) is 0 Å². The highest BCUT2D eigenvalue weighted by atomic mass is 19.1. The number of aromatic nitrogens is 1. The van der Waals surface area contributed by atoms with Gasteiger partial charge >= 0.3 is 0 Å². The van der Waals surface area contributed by atoms with E-state index in [1.807, 2.05) is 16.8 Å². The second-order valence-electron chi connectivity index (χ2n) is 11.1. The fourth-order valence-corrected chi connectivity index (χ4v) is 5.79. The lowest BCUT2D eigenvalue weighted by Crippen LogP contribution is -2.46. The lowest BCUT2D eigenvalue weighted by molar-refractivity contribution is 0.102. The number of likely N-dealkylation sites (N-methyl/N-ethyl adjacent to an activating group) is 1. The molecule has 2 fully saturated rings. The summed E-state index contributed by atoms with van der Waals surface area (Å²) in [6.45, 7) is 6.08. The van der Waals surface area contributed by atoms with Crippen LogP contribution in [0.2, 0.25) is 0 Å². The molecule has 1 aromatic heterocycles. The summed E-state index contributed by atoms with van der Waals surface area (Å²) in [4.78, 5) is 23.3. The molecular weight excluding hydrogens is 536 g/mol. The van der Waals surface area contributed by atoms with Crippen LogP contribution in [-0.2, 0) is 0 Å². The van der Waals surface area contributed by atoms with Crippen molar-refractivity contribution in [3.8, 4) is 11.1 Å². The van der Waals surface area contributed by atoms with Gasteiger partial charge in [0.05, 0.1) is 34.3 Å². The molecule has 0 unspecified atom stereocenters. The number of amides is 1. The van der Waals surface area contributed by atoms with Gasteiger partial charge in [-0.1, -0.05) is 6.92 Å². The van der Waals surface area contributed by atoms with Gasteiger partial charge in [-0.05, 0) is 62.7 Å². The van der Waals surface area contributed by atoms with Crippen LogP contribution in [0.15, 0.2) is 42.7 Å². The summed E-state index contributed by atoms with van der Waals surface area (Å²) >= 11 is 0. The number of hydrogen-bond donors (Lipinski definition) is 2. The lowest BCUT2D eigenvalue weighted by atomic mass is 9.96. The van der Waals surface area contributed by atoms with E-state index in [1.54, 1.807) is 12.3 Å². The molecule has 2 atom stereocenters. The largest absolute Gasteiger partial charge is 0.370 e. The van der Waals surface area contributed by atoms with E-state index in [9.17, 15) is 9.18 Å². The number of piperidine rings is 1. The van der Waals surface area contributed by atoms with Crippen LogP contribution in [0.25, 0.3) is 11.1 Å². The van der Waals surface area contributed by atoms with E-state index in [4.69, 9.17) is 5.73 Å². The molecule has 0 spiro atoms. The van der Waals surface area contributed by atoms with Gasteiger partial charge in [-0.25, -0.2) is 17.6 Å². The molecule has 5 rings (SSSR count). The number of carbonyl (C=O) groups is 1. The van der Waals surface area contributed by atoms with Crippen molar-refractivity contribution in [2.24, 2.45) is 11.7 Å². The highest BCUT2D eigenvalue weighted by Gasteiger charge is 2.28. The Kier molecular flexibility index (Phi) is 8.46. The molecule has 2 aromatic carbocycles. The predicted molar refractivity (Wildman–Crippen MR) is 152 cm³/mol. The van der Waals surface area contributed by atoms with Gasteiger partial charge in [0.15, 0.2) is 0 Å². The highest BCUT2D eigenvalue weighted by Crippen LogP contribution is 2.36. The Morgan fingerprint density at radius 1 is 0.951 bits per heavy atom. The first-order valence-electron chi connectivity index (χ1n) is 13.8. The molecule has 2 aliphatic heterocycles. The van der Waals surface area contributed by atoms with E-state index in [2.05, 4.69) is 22.1 Å². The van der Waals surface area contributed by atoms with Crippen molar-refractivity contribution in [2.75, 3.05) is 61.4 Å². The maximum Gasteiger partial charge on any atom is 0.258 e. The number of rotatable bonds is 5. The minimum Gasteiger partial charge on any atom is -0.370 e. The molecule has 3 heterocycles. The third-order valence-electron chi connectivity index (χ3n) is 7.78. The molecule has 0 saturated carbocycles. The third-order valence-corrected chi connectivity index (χ3v) is 7.78. The molecule has 3 N–H and O–H groups in total. The molecule has 0 bridgehead atoms. The van der Waals surface area contributed by atoms with Crippen LogP contribution in [0.3, 0.4) is 0 Å². The van der Waals surface area contributed by atoms with E-state index in [0.29, 0.717) is 55.7 Å². The second-order valence-corrected chi connectivity index (χ2v) is 11.1. The van der Waals surface area contributed by atoms with Crippen LogP contribution in [0.1, 0.15) is 30.1 Å². The number of pyridine rings is 1. The van der Waals surface area contributed by atoms with Crippen molar-refractivity contribution in [3.63, 3.8) is 0 Å². The van der Waals surface area contributed by atoms with Gasteiger partial charge in [-0.3, -0.25) is 9.78 Å². The van der Waals surface area contributed by atoms with Crippen molar-refractivity contribution < 1.29 is 22.4 Å². The van der Waals surface area contributed by atoms with Crippen LogP contribution in [0.5, 0.6) is 0 Å². The number of carbonyl (C=O) groups excluding carboxylic acids is 1. The molecule has 11 heteroatoms. The maximum absolute atomic E-state index is 15.7. The normalized spacial score (nSPS) is 20.2. The van der Waals surface area contributed by atoms with Gasteiger partial charge in [-0.15, -0.1) is 0 Å². The SMILES string of the molecule is C[C@@H]1C[C@H](N)CN(c2ccncc2NC(=O)c2ccc(F)c(-c3c(F)cc(N4CCCN(C)CC4)cc3F)c2F)C1. The summed E-state index contributed by atoms with van der Waals surface area (Å²) < 4.78 is 61.4. The summed E-state index contributed by atoms with van der Waals surface area (Å²) in [7, 11) is 1.97. The van der Waals surface area contributed by atoms with Gasteiger partial charge in [0.2, 0.25) is 0 Å². The molecule has 2 aliphatic rings. The molecule has 0 aliphatic carbocycles. The minimum atomic E-state index is -1.36. The van der Waals surface area contributed by atoms with Crippen LogP contribution in [-0.4, -0.2) is 68.1 Å². The van der Waals surface area contributed by atoms with Gasteiger partial charge < -0.3 is 25.8 Å². The third kappa shape index (κ3) is 6.15. The molecule has 1 amide bonds. The molecule has 41 heavy (non-hydrogen) atoms. The number of nitrogens with two attached hydrogens (primary N) is 1. The van der Waals surface area contributed by atoms with E-state index >= 15 is 13.2 Å².